The van der Waals surface area contributed by atoms with E-state index in [9.17, 15) is 0 Å². The Hall–Kier alpha value is -1.81. The molecular weight excluding hydrogens is 264 g/mol. The number of pyridine rings is 1. The van der Waals surface area contributed by atoms with Gasteiger partial charge in [0.15, 0.2) is 0 Å². The smallest absolute Gasteiger partial charge is 0.218 e. The Kier molecular flexibility index (Phi) is 4.68. The van der Waals surface area contributed by atoms with Crippen LogP contribution in [-0.2, 0) is 13.2 Å². The van der Waals surface area contributed by atoms with Crippen molar-refractivity contribution in [3.63, 3.8) is 0 Å². The molecule has 0 spiro atoms. The van der Waals surface area contributed by atoms with Crippen LogP contribution in [0, 0.1) is 13.8 Å². The molecule has 1 N–H and O–H groups in total. The first-order valence-corrected chi connectivity index (χ1v) is 7.22. The standard InChI is InChI=1S/C17H24N2O2/c1-12-9-13(2)19-16(15(12)10-18-17(3,4)5)21-11-14-7-6-8-20-14/h6-9,18H,10-11H2,1-5H3. The third-order valence-corrected chi connectivity index (χ3v) is 3.16. The van der Waals surface area contributed by atoms with E-state index in [-0.39, 0.29) is 5.54 Å². The third-order valence-electron chi connectivity index (χ3n) is 3.16. The minimum Gasteiger partial charge on any atom is -0.469 e. The summed E-state index contributed by atoms with van der Waals surface area (Å²) in [6, 6.07) is 5.84. The predicted octanol–water partition coefficient (Wildman–Crippen LogP) is 3.76. The molecule has 4 heteroatoms. The maximum absolute atomic E-state index is 5.86. The van der Waals surface area contributed by atoms with Gasteiger partial charge >= 0.3 is 0 Å². The summed E-state index contributed by atoms with van der Waals surface area (Å²) in [5, 5.41) is 3.49. The molecule has 0 amide bonds. The molecule has 21 heavy (non-hydrogen) atoms. The highest BCUT2D eigenvalue weighted by Crippen LogP contribution is 2.22. The van der Waals surface area contributed by atoms with Gasteiger partial charge in [-0.25, -0.2) is 4.98 Å². The van der Waals surface area contributed by atoms with Crippen molar-refractivity contribution in [2.24, 2.45) is 0 Å². The minimum absolute atomic E-state index is 0.0512. The Labute approximate surface area is 126 Å². The van der Waals surface area contributed by atoms with Crippen LogP contribution in [0.2, 0.25) is 0 Å². The van der Waals surface area contributed by atoms with E-state index in [4.69, 9.17) is 9.15 Å². The van der Waals surface area contributed by atoms with E-state index in [0.29, 0.717) is 12.5 Å². The molecule has 0 aromatic carbocycles. The number of ether oxygens (including phenoxy) is 1. The summed E-state index contributed by atoms with van der Waals surface area (Å²) < 4.78 is 11.2. The molecule has 2 heterocycles. The summed E-state index contributed by atoms with van der Waals surface area (Å²) in [5.41, 5.74) is 3.30. The predicted molar refractivity (Wildman–Crippen MR) is 83.3 cm³/mol. The van der Waals surface area contributed by atoms with E-state index in [2.05, 4.69) is 44.1 Å². The van der Waals surface area contributed by atoms with Crippen molar-refractivity contribution < 1.29 is 9.15 Å². The van der Waals surface area contributed by atoms with E-state index >= 15 is 0 Å². The Bertz CT molecular complexity index is 584. The van der Waals surface area contributed by atoms with Gasteiger partial charge in [0, 0.05) is 23.3 Å². The summed E-state index contributed by atoms with van der Waals surface area (Å²) in [4.78, 5) is 4.53. The van der Waals surface area contributed by atoms with Crippen LogP contribution >= 0.6 is 0 Å². The number of rotatable bonds is 5. The number of aryl methyl sites for hydroxylation is 2. The first-order valence-electron chi connectivity index (χ1n) is 7.22. The molecule has 0 aliphatic heterocycles. The van der Waals surface area contributed by atoms with Crippen molar-refractivity contribution in [1.29, 1.82) is 0 Å². The highest BCUT2D eigenvalue weighted by atomic mass is 16.5. The highest BCUT2D eigenvalue weighted by molar-refractivity contribution is 5.36. The van der Waals surface area contributed by atoms with E-state index in [1.807, 2.05) is 19.1 Å². The summed E-state index contributed by atoms with van der Waals surface area (Å²) in [6.45, 7) is 11.6. The van der Waals surface area contributed by atoms with Gasteiger partial charge in [0.2, 0.25) is 5.88 Å². The lowest BCUT2D eigenvalue weighted by molar-refractivity contribution is 0.255. The van der Waals surface area contributed by atoms with Crippen LogP contribution in [0.15, 0.2) is 28.9 Å². The van der Waals surface area contributed by atoms with Crippen molar-refractivity contribution in [1.82, 2.24) is 10.3 Å². The van der Waals surface area contributed by atoms with E-state index in [1.54, 1.807) is 6.26 Å². The SMILES string of the molecule is Cc1cc(C)c(CNC(C)(C)C)c(OCc2ccco2)n1. The summed E-state index contributed by atoms with van der Waals surface area (Å²) in [6.07, 6.45) is 1.65. The lowest BCUT2D eigenvalue weighted by Crippen LogP contribution is -2.35. The number of nitrogens with one attached hydrogen (secondary N) is 1. The van der Waals surface area contributed by atoms with Gasteiger partial charge in [0.25, 0.3) is 0 Å². The molecule has 0 saturated heterocycles. The zero-order chi connectivity index (χ0) is 15.5. The first-order chi connectivity index (χ1) is 9.85. The van der Waals surface area contributed by atoms with E-state index in [1.165, 1.54) is 5.56 Å². The number of aromatic nitrogens is 1. The second kappa shape index (κ2) is 6.31. The quantitative estimate of drug-likeness (QED) is 0.910. The van der Waals surface area contributed by atoms with Crippen molar-refractivity contribution in [2.75, 3.05) is 0 Å². The maximum Gasteiger partial charge on any atom is 0.218 e. The molecule has 0 bridgehead atoms. The second-order valence-corrected chi connectivity index (χ2v) is 6.34. The van der Waals surface area contributed by atoms with Crippen molar-refractivity contribution >= 4 is 0 Å². The Morgan fingerprint density at radius 3 is 2.67 bits per heavy atom. The Morgan fingerprint density at radius 1 is 1.29 bits per heavy atom. The minimum atomic E-state index is 0.0512. The molecule has 0 aliphatic carbocycles. The number of furan rings is 1. The van der Waals surface area contributed by atoms with Gasteiger partial charge < -0.3 is 14.5 Å². The fourth-order valence-corrected chi connectivity index (χ4v) is 2.05. The molecular formula is C17H24N2O2. The largest absolute Gasteiger partial charge is 0.469 e. The van der Waals surface area contributed by atoms with Crippen LogP contribution in [0.3, 0.4) is 0 Å². The number of hydrogen-bond donors (Lipinski definition) is 1. The fraction of sp³-hybridized carbons (Fsp3) is 0.471. The fourth-order valence-electron chi connectivity index (χ4n) is 2.05. The molecule has 2 rings (SSSR count). The monoisotopic (exact) mass is 288 g/mol. The van der Waals surface area contributed by atoms with Gasteiger partial charge in [0.1, 0.15) is 12.4 Å². The van der Waals surface area contributed by atoms with Gasteiger partial charge in [-0.15, -0.1) is 0 Å². The summed E-state index contributed by atoms with van der Waals surface area (Å²) in [5.74, 6) is 1.48. The number of hydrogen-bond acceptors (Lipinski definition) is 4. The Balaban J connectivity index is 2.17. The molecule has 0 saturated carbocycles. The van der Waals surface area contributed by atoms with Crippen LogP contribution < -0.4 is 10.1 Å². The van der Waals surface area contributed by atoms with Crippen LogP contribution in [-0.4, -0.2) is 10.5 Å². The van der Waals surface area contributed by atoms with Crippen molar-refractivity contribution in [2.45, 2.75) is 53.3 Å². The second-order valence-electron chi connectivity index (χ2n) is 6.34. The van der Waals surface area contributed by atoms with Gasteiger partial charge in [-0.3, -0.25) is 0 Å². The molecule has 4 nitrogen and oxygen atoms in total. The van der Waals surface area contributed by atoms with Crippen molar-refractivity contribution in [3.05, 3.63) is 47.0 Å². The molecule has 0 fully saturated rings. The lowest BCUT2D eigenvalue weighted by atomic mass is 10.1. The average molecular weight is 288 g/mol. The van der Waals surface area contributed by atoms with E-state index < -0.39 is 0 Å². The molecule has 2 aromatic heterocycles. The maximum atomic E-state index is 5.86. The topological polar surface area (TPSA) is 47.3 Å². The molecule has 0 aliphatic rings. The van der Waals surface area contributed by atoms with Gasteiger partial charge in [-0.1, -0.05) is 0 Å². The molecule has 2 aromatic rings. The highest BCUT2D eigenvalue weighted by Gasteiger charge is 2.15. The van der Waals surface area contributed by atoms with Crippen LogP contribution in [0.5, 0.6) is 5.88 Å². The van der Waals surface area contributed by atoms with Crippen molar-refractivity contribution in [3.8, 4) is 5.88 Å². The average Bonchev–Trinajstić information content (AvgIpc) is 2.86. The first kappa shape index (κ1) is 15.6. The van der Waals surface area contributed by atoms with Gasteiger partial charge in [0.05, 0.1) is 6.26 Å². The Morgan fingerprint density at radius 2 is 2.05 bits per heavy atom. The van der Waals surface area contributed by atoms with Gasteiger partial charge in [-0.05, 0) is 58.4 Å². The van der Waals surface area contributed by atoms with E-state index in [0.717, 1.165) is 23.6 Å². The molecule has 0 unspecified atom stereocenters. The van der Waals surface area contributed by atoms with Crippen LogP contribution in [0.25, 0.3) is 0 Å². The summed E-state index contributed by atoms with van der Waals surface area (Å²) in [7, 11) is 0. The molecule has 0 radical (unpaired) electrons. The van der Waals surface area contributed by atoms with Gasteiger partial charge in [-0.2, -0.15) is 0 Å². The summed E-state index contributed by atoms with van der Waals surface area (Å²) >= 11 is 0. The molecule has 0 atom stereocenters. The lowest BCUT2D eigenvalue weighted by Gasteiger charge is -2.22. The zero-order valence-electron chi connectivity index (χ0n) is 13.5. The third kappa shape index (κ3) is 4.60. The normalized spacial score (nSPS) is 11.7. The molecule has 114 valence electrons. The zero-order valence-corrected chi connectivity index (χ0v) is 13.5. The van der Waals surface area contributed by atoms with Crippen LogP contribution in [0.1, 0.15) is 43.4 Å². The number of nitrogens with zero attached hydrogens (tertiary/aromatic N) is 1. The van der Waals surface area contributed by atoms with Crippen LogP contribution in [0.4, 0.5) is 0 Å².